The van der Waals surface area contributed by atoms with Gasteiger partial charge < -0.3 is 15.7 Å². The predicted octanol–water partition coefficient (Wildman–Crippen LogP) is 2.10. The van der Waals surface area contributed by atoms with E-state index in [1.165, 1.54) is 0 Å². The fourth-order valence-electron chi connectivity index (χ4n) is 1.41. The van der Waals surface area contributed by atoms with Crippen molar-refractivity contribution in [3.05, 3.63) is 29.8 Å². The maximum absolute atomic E-state index is 11.4. The van der Waals surface area contributed by atoms with Crippen LogP contribution in [0.3, 0.4) is 0 Å². The Morgan fingerprint density at radius 1 is 1.35 bits per heavy atom. The minimum Gasteiger partial charge on any atom is -0.395 e. The van der Waals surface area contributed by atoms with Crippen LogP contribution in [0.15, 0.2) is 24.3 Å². The zero-order valence-electron chi connectivity index (χ0n) is 10.6. The lowest BCUT2D eigenvalue weighted by Gasteiger charge is -2.19. The van der Waals surface area contributed by atoms with E-state index >= 15 is 0 Å². The van der Waals surface area contributed by atoms with Crippen LogP contribution in [0.2, 0.25) is 0 Å². The molecular weight excluding hydrogens is 216 g/mol. The summed E-state index contributed by atoms with van der Waals surface area (Å²) in [4.78, 5) is 11.4. The monoisotopic (exact) mass is 236 g/mol. The quantitative estimate of drug-likeness (QED) is 0.752. The number of carbonyl (C=O) groups is 1. The lowest BCUT2D eigenvalue weighted by atomic mass is 9.87. The molecule has 0 bridgehead atoms. The largest absolute Gasteiger partial charge is 0.395 e. The maximum atomic E-state index is 11.4. The molecule has 3 N–H and O–H groups in total. The molecule has 0 unspecified atom stereocenters. The van der Waals surface area contributed by atoms with Crippen molar-refractivity contribution < 1.29 is 9.90 Å². The van der Waals surface area contributed by atoms with Gasteiger partial charge in [0, 0.05) is 12.2 Å². The van der Waals surface area contributed by atoms with Crippen LogP contribution in [0.1, 0.15) is 26.3 Å². The van der Waals surface area contributed by atoms with Crippen molar-refractivity contribution in [2.45, 2.75) is 26.2 Å². The second kappa shape index (κ2) is 5.68. The molecule has 0 spiro atoms. The SMILES string of the molecule is CC(C)(C)c1cccc(NC(=O)NCCO)c1. The Morgan fingerprint density at radius 3 is 2.65 bits per heavy atom. The molecule has 0 fully saturated rings. The van der Waals surface area contributed by atoms with Gasteiger partial charge in [0.05, 0.1) is 6.61 Å². The Morgan fingerprint density at radius 2 is 2.06 bits per heavy atom. The molecule has 0 saturated heterocycles. The first kappa shape index (κ1) is 13.5. The van der Waals surface area contributed by atoms with E-state index in [1.54, 1.807) is 0 Å². The van der Waals surface area contributed by atoms with Crippen molar-refractivity contribution in [3.63, 3.8) is 0 Å². The van der Waals surface area contributed by atoms with E-state index in [0.717, 1.165) is 11.3 Å². The summed E-state index contributed by atoms with van der Waals surface area (Å²) in [5, 5.41) is 13.9. The van der Waals surface area contributed by atoms with Gasteiger partial charge in [0.25, 0.3) is 0 Å². The Bertz CT molecular complexity index is 383. The van der Waals surface area contributed by atoms with Crippen molar-refractivity contribution >= 4 is 11.7 Å². The molecule has 4 heteroatoms. The molecular formula is C13H20N2O2. The number of hydrogen-bond acceptors (Lipinski definition) is 2. The van der Waals surface area contributed by atoms with E-state index in [1.807, 2.05) is 24.3 Å². The van der Waals surface area contributed by atoms with Crippen molar-refractivity contribution in [3.8, 4) is 0 Å². The average molecular weight is 236 g/mol. The van der Waals surface area contributed by atoms with E-state index in [4.69, 9.17) is 5.11 Å². The van der Waals surface area contributed by atoms with Crippen LogP contribution in [0.25, 0.3) is 0 Å². The number of benzene rings is 1. The van der Waals surface area contributed by atoms with Gasteiger partial charge in [-0.3, -0.25) is 0 Å². The lowest BCUT2D eigenvalue weighted by molar-refractivity contribution is 0.245. The predicted molar refractivity (Wildman–Crippen MR) is 69.2 cm³/mol. The van der Waals surface area contributed by atoms with E-state index in [9.17, 15) is 4.79 Å². The zero-order chi connectivity index (χ0) is 12.9. The third-order valence-electron chi connectivity index (χ3n) is 2.38. The first-order valence-electron chi connectivity index (χ1n) is 5.70. The molecule has 1 aromatic rings. The number of aliphatic hydroxyl groups excluding tert-OH is 1. The summed E-state index contributed by atoms with van der Waals surface area (Å²) in [6.07, 6.45) is 0. The van der Waals surface area contributed by atoms with Crippen molar-refractivity contribution in [1.29, 1.82) is 0 Å². The van der Waals surface area contributed by atoms with E-state index < -0.39 is 0 Å². The summed E-state index contributed by atoms with van der Waals surface area (Å²) in [7, 11) is 0. The lowest BCUT2D eigenvalue weighted by Crippen LogP contribution is -2.31. The number of aliphatic hydroxyl groups is 1. The van der Waals surface area contributed by atoms with Crippen LogP contribution in [-0.4, -0.2) is 24.3 Å². The smallest absolute Gasteiger partial charge is 0.319 e. The van der Waals surface area contributed by atoms with Gasteiger partial charge in [-0.15, -0.1) is 0 Å². The molecule has 0 aliphatic heterocycles. The van der Waals surface area contributed by atoms with Crippen LogP contribution in [-0.2, 0) is 5.41 Å². The van der Waals surface area contributed by atoms with Gasteiger partial charge in [-0.1, -0.05) is 32.9 Å². The molecule has 2 amide bonds. The number of amides is 2. The highest BCUT2D eigenvalue weighted by molar-refractivity contribution is 5.89. The van der Waals surface area contributed by atoms with E-state index in [-0.39, 0.29) is 24.6 Å². The van der Waals surface area contributed by atoms with Gasteiger partial charge >= 0.3 is 6.03 Å². The Balaban J connectivity index is 2.69. The molecule has 1 aromatic carbocycles. The third-order valence-corrected chi connectivity index (χ3v) is 2.38. The number of anilines is 1. The normalized spacial score (nSPS) is 11.1. The van der Waals surface area contributed by atoms with Crippen molar-refractivity contribution in [2.24, 2.45) is 0 Å². The van der Waals surface area contributed by atoms with Gasteiger partial charge in [0.15, 0.2) is 0 Å². The Kier molecular flexibility index (Phi) is 4.52. The second-order valence-electron chi connectivity index (χ2n) is 4.94. The highest BCUT2D eigenvalue weighted by Crippen LogP contribution is 2.24. The van der Waals surface area contributed by atoms with Crippen LogP contribution >= 0.6 is 0 Å². The van der Waals surface area contributed by atoms with Gasteiger partial charge in [-0.05, 0) is 23.1 Å². The fourth-order valence-corrected chi connectivity index (χ4v) is 1.41. The first-order valence-corrected chi connectivity index (χ1v) is 5.70. The number of nitrogens with one attached hydrogen (secondary N) is 2. The summed E-state index contributed by atoms with van der Waals surface area (Å²) in [6.45, 7) is 6.56. The van der Waals surface area contributed by atoms with Gasteiger partial charge in [-0.2, -0.15) is 0 Å². The van der Waals surface area contributed by atoms with Crippen molar-refractivity contribution in [2.75, 3.05) is 18.5 Å². The Labute approximate surface area is 102 Å². The number of hydrogen-bond donors (Lipinski definition) is 3. The summed E-state index contributed by atoms with van der Waals surface area (Å²) in [5.41, 5.74) is 1.98. The van der Waals surface area contributed by atoms with Crippen LogP contribution in [0.4, 0.5) is 10.5 Å². The van der Waals surface area contributed by atoms with Gasteiger partial charge in [-0.25, -0.2) is 4.79 Å². The highest BCUT2D eigenvalue weighted by Gasteiger charge is 2.13. The summed E-state index contributed by atoms with van der Waals surface area (Å²) in [5.74, 6) is 0. The second-order valence-corrected chi connectivity index (χ2v) is 4.94. The highest BCUT2D eigenvalue weighted by atomic mass is 16.3. The molecule has 0 heterocycles. The van der Waals surface area contributed by atoms with Gasteiger partial charge in [0.2, 0.25) is 0 Å². The zero-order valence-corrected chi connectivity index (χ0v) is 10.6. The summed E-state index contributed by atoms with van der Waals surface area (Å²) in [6, 6.07) is 7.45. The topological polar surface area (TPSA) is 61.4 Å². The number of urea groups is 1. The molecule has 94 valence electrons. The molecule has 17 heavy (non-hydrogen) atoms. The minimum absolute atomic E-state index is 0.0548. The minimum atomic E-state index is -0.301. The molecule has 0 aliphatic carbocycles. The summed E-state index contributed by atoms with van der Waals surface area (Å²) >= 11 is 0. The summed E-state index contributed by atoms with van der Waals surface area (Å²) < 4.78 is 0. The molecule has 0 atom stereocenters. The van der Waals surface area contributed by atoms with E-state index in [2.05, 4.69) is 31.4 Å². The third kappa shape index (κ3) is 4.44. The van der Waals surface area contributed by atoms with Crippen LogP contribution < -0.4 is 10.6 Å². The molecule has 0 saturated carbocycles. The standard InChI is InChI=1S/C13H20N2O2/c1-13(2,3)10-5-4-6-11(9-10)15-12(17)14-7-8-16/h4-6,9,16H,7-8H2,1-3H3,(H2,14,15,17). The molecule has 4 nitrogen and oxygen atoms in total. The fraction of sp³-hybridized carbons (Fsp3) is 0.462. The van der Waals surface area contributed by atoms with Crippen LogP contribution in [0.5, 0.6) is 0 Å². The molecule has 0 aliphatic rings. The first-order chi connectivity index (χ1) is 7.93. The Hall–Kier alpha value is -1.55. The number of carbonyl (C=O) groups excluding carboxylic acids is 1. The van der Waals surface area contributed by atoms with E-state index in [0.29, 0.717) is 0 Å². The maximum Gasteiger partial charge on any atom is 0.319 e. The molecule has 0 radical (unpaired) electrons. The number of rotatable bonds is 3. The van der Waals surface area contributed by atoms with Gasteiger partial charge in [0.1, 0.15) is 0 Å². The molecule has 1 rings (SSSR count). The molecule has 0 aromatic heterocycles. The average Bonchev–Trinajstić information content (AvgIpc) is 2.25. The van der Waals surface area contributed by atoms with Crippen molar-refractivity contribution in [1.82, 2.24) is 5.32 Å². The van der Waals surface area contributed by atoms with Crippen LogP contribution in [0, 0.1) is 0 Å².